The molecule has 0 aromatic carbocycles. The van der Waals surface area contributed by atoms with Crippen molar-refractivity contribution in [3.8, 4) is 6.07 Å². The minimum Gasteiger partial charge on any atom is -0.380 e. The van der Waals surface area contributed by atoms with Crippen LogP contribution in [0.15, 0.2) is 0 Å². The van der Waals surface area contributed by atoms with Crippen molar-refractivity contribution in [3.05, 3.63) is 0 Å². The number of ether oxygens (including phenoxy) is 1. The fourth-order valence-electron chi connectivity index (χ4n) is 1.86. The van der Waals surface area contributed by atoms with E-state index in [9.17, 15) is 0 Å². The van der Waals surface area contributed by atoms with Crippen molar-refractivity contribution in [2.75, 3.05) is 39.9 Å². The van der Waals surface area contributed by atoms with E-state index in [2.05, 4.69) is 23.3 Å². The minimum atomic E-state index is -0.405. The average Bonchev–Trinajstić information content (AvgIpc) is 3.17. The minimum absolute atomic E-state index is 0.405. The van der Waals surface area contributed by atoms with Crippen LogP contribution in [-0.4, -0.2) is 50.3 Å². The van der Waals surface area contributed by atoms with Gasteiger partial charge in [0, 0.05) is 19.7 Å². The Bertz CT molecular complexity index is 273. The monoisotopic (exact) mass is 253 g/mol. The molecule has 0 saturated heterocycles. The van der Waals surface area contributed by atoms with Crippen LogP contribution in [0.3, 0.4) is 0 Å². The molecule has 0 amide bonds. The zero-order chi connectivity index (χ0) is 13.4. The third-order valence-electron chi connectivity index (χ3n) is 3.48. The van der Waals surface area contributed by atoms with Gasteiger partial charge in [-0.3, -0.25) is 5.32 Å². The van der Waals surface area contributed by atoms with E-state index >= 15 is 0 Å². The highest BCUT2D eigenvalue weighted by Gasteiger charge is 2.23. The highest BCUT2D eigenvalue weighted by molar-refractivity contribution is 5.03. The first-order valence-electron chi connectivity index (χ1n) is 7.02. The molecule has 0 heterocycles. The summed E-state index contributed by atoms with van der Waals surface area (Å²) in [7, 11) is 2.09. The largest absolute Gasteiger partial charge is 0.380 e. The first-order valence-corrected chi connectivity index (χ1v) is 7.02. The smallest absolute Gasteiger partial charge is 0.105 e. The Morgan fingerprint density at radius 1 is 1.44 bits per heavy atom. The van der Waals surface area contributed by atoms with Crippen LogP contribution >= 0.6 is 0 Å². The fraction of sp³-hybridized carbons (Fsp3) is 0.929. The number of nitrogens with zero attached hydrogens (tertiary/aromatic N) is 2. The maximum Gasteiger partial charge on any atom is 0.105 e. The lowest BCUT2D eigenvalue weighted by molar-refractivity contribution is 0.102. The van der Waals surface area contributed by atoms with E-state index < -0.39 is 5.54 Å². The van der Waals surface area contributed by atoms with Gasteiger partial charge < -0.3 is 9.64 Å². The van der Waals surface area contributed by atoms with E-state index in [-0.39, 0.29) is 0 Å². The molecule has 18 heavy (non-hydrogen) atoms. The first kappa shape index (κ1) is 15.4. The number of nitriles is 1. The Hall–Kier alpha value is -0.630. The summed E-state index contributed by atoms with van der Waals surface area (Å²) in [6, 6.07) is 2.36. The maximum absolute atomic E-state index is 9.16. The van der Waals surface area contributed by atoms with Crippen LogP contribution in [0.25, 0.3) is 0 Å². The van der Waals surface area contributed by atoms with Crippen molar-refractivity contribution in [2.45, 2.75) is 38.6 Å². The molecule has 4 heteroatoms. The highest BCUT2D eigenvalue weighted by atomic mass is 16.5. The van der Waals surface area contributed by atoms with Gasteiger partial charge in [0.2, 0.25) is 0 Å². The van der Waals surface area contributed by atoms with Gasteiger partial charge in [0.1, 0.15) is 5.54 Å². The topological polar surface area (TPSA) is 48.3 Å². The van der Waals surface area contributed by atoms with Crippen molar-refractivity contribution in [1.82, 2.24) is 10.2 Å². The SMILES string of the molecule is CCNC(C)(C#N)CCN(C)CCOCC1CC1. The Labute approximate surface area is 111 Å². The number of hydrogen-bond acceptors (Lipinski definition) is 4. The van der Waals surface area contributed by atoms with Crippen LogP contribution in [0.2, 0.25) is 0 Å². The highest BCUT2D eigenvalue weighted by Crippen LogP contribution is 2.28. The molecule has 0 spiro atoms. The van der Waals surface area contributed by atoms with E-state index in [4.69, 9.17) is 10.00 Å². The Kier molecular flexibility index (Phi) is 6.62. The molecule has 1 aliphatic rings. The number of likely N-dealkylation sites (N-methyl/N-ethyl adjacent to an activating group) is 1. The van der Waals surface area contributed by atoms with Crippen molar-refractivity contribution < 1.29 is 4.74 Å². The van der Waals surface area contributed by atoms with Gasteiger partial charge in [-0.25, -0.2) is 0 Å². The van der Waals surface area contributed by atoms with Gasteiger partial charge in [-0.05, 0) is 45.7 Å². The fourth-order valence-corrected chi connectivity index (χ4v) is 1.86. The molecule has 0 aromatic heterocycles. The van der Waals surface area contributed by atoms with Gasteiger partial charge in [0.05, 0.1) is 12.7 Å². The molecule has 1 N–H and O–H groups in total. The normalized spacial score (nSPS) is 18.6. The molecular formula is C14H27N3O. The van der Waals surface area contributed by atoms with Crippen LogP contribution in [-0.2, 0) is 4.74 Å². The van der Waals surface area contributed by atoms with Crippen LogP contribution in [0.4, 0.5) is 0 Å². The van der Waals surface area contributed by atoms with E-state index in [1.807, 2.05) is 13.8 Å². The Morgan fingerprint density at radius 2 is 2.17 bits per heavy atom. The summed E-state index contributed by atoms with van der Waals surface area (Å²) < 4.78 is 5.61. The second-order valence-electron chi connectivity index (χ2n) is 5.55. The van der Waals surface area contributed by atoms with Gasteiger partial charge in [0.25, 0.3) is 0 Å². The lowest BCUT2D eigenvalue weighted by Crippen LogP contribution is -2.43. The molecule has 1 fully saturated rings. The van der Waals surface area contributed by atoms with Crippen molar-refractivity contribution >= 4 is 0 Å². The summed E-state index contributed by atoms with van der Waals surface area (Å²) in [5.41, 5.74) is -0.405. The molecule has 1 unspecified atom stereocenters. The number of nitrogens with one attached hydrogen (secondary N) is 1. The third-order valence-corrected chi connectivity index (χ3v) is 3.48. The molecular weight excluding hydrogens is 226 g/mol. The van der Waals surface area contributed by atoms with E-state index in [1.165, 1.54) is 12.8 Å². The molecule has 1 atom stereocenters. The standard InChI is InChI=1S/C14H27N3O/c1-4-16-14(2,12-15)7-8-17(3)9-10-18-11-13-5-6-13/h13,16H,4-11H2,1-3H3. The molecule has 104 valence electrons. The Balaban J connectivity index is 2.06. The molecule has 4 nitrogen and oxygen atoms in total. The molecule has 1 rings (SSSR count). The molecule has 1 aliphatic carbocycles. The van der Waals surface area contributed by atoms with Crippen molar-refractivity contribution in [1.29, 1.82) is 5.26 Å². The zero-order valence-corrected chi connectivity index (χ0v) is 12.0. The summed E-state index contributed by atoms with van der Waals surface area (Å²) in [6.45, 7) is 8.43. The van der Waals surface area contributed by atoms with Crippen LogP contribution in [0.5, 0.6) is 0 Å². The summed E-state index contributed by atoms with van der Waals surface area (Å²) in [5.74, 6) is 0.839. The van der Waals surface area contributed by atoms with Crippen LogP contribution in [0.1, 0.15) is 33.1 Å². The number of hydrogen-bond donors (Lipinski definition) is 1. The quantitative estimate of drug-likeness (QED) is 0.601. The molecule has 0 radical (unpaired) electrons. The lowest BCUT2D eigenvalue weighted by atomic mass is 10.00. The zero-order valence-electron chi connectivity index (χ0n) is 12.0. The third kappa shape index (κ3) is 6.34. The summed E-state index contributed by atoms with van der Waals surface area (Å²) in [5, 5.41) is 12.4. The van der Waals surface area contributed by atoms with E-state index in [0.29, 0.717) is 0 Å². The summed E-state index contributed by atoms with van der Waals surface area (Å²) in [4.78, 5) is 2.24. The van der Waals surface area contributed by atoms with Gasteiger partial charge in [-0.2, -0.15) is 5.26 Å². The molecule has 0 aromatic rings. The predicted molar refractivity (Wildman–Crippen MR) is 73.4 cm³/mol. The van der Waals surface area contributed by atoms with Gasteiger partial charge in [-0.15, -0.1) is 0 Å². The summed E-state index contributed by atoms with van der Waals surface area (Å²) in [6.07, 6.45) is 3.54. The maximum atomic E-state index is 9.16. The molecule has 0 aliphatic heterocycles. The van der Waals surface area contributed by atoms with Gasteiger partial charge in [0.15, 0.2) is 0 Å². The van der Waals surface area contributed by atoms with Crippen LogP contribution in [0, 0.1) is 17.2 Å². The average molecular weight is 253 g/mol. The molecule has 1 saturated carbocycles. The molecule has 0 bridgehead atoms. The second-order valence-corrected chi connectivity index (χ2v) is 5.55. The van der Waals surface area contributed by atoms with E-state index in [1.54, 1.807) is 0 Å². The van der Waals surface area contributed by atoms with E-state index in [0.717, 1.165) is 45.2 Å². The van der Waals surface area contributed by atoms with Gasteiger partial charge >= 0.3 is 0 Å². The van der Waals surface area contributed by atoms with Gasteiger partial charge in [-0.1, -0.05) is 6.92 Å². The van der Waals surface area contributed by atoms with Crippen molar-refractivity contribution in [3.63, 3.8) is 0 Å². The predicted octanol–water partition coefficient (Wildman–Crippen LogP) is 1.63. The summed E-state index contributed by atoms with van der Waals surface area (Å²) >= 11 is 0. The first-order chi connectivity index (χ1) is 8.59. The second kappa shape index (κ2) is 7.73. The lowest BCUT2D eigenvalue weighted by Gasteiger charge is -2.25. The number of rotatable bonds is 10. The Morgan fingerprint density at radius 3 is 2.72 bits per heavy atom. The van der Waals surface area contributed by atoms with Crippen LogP contribution < -0.4 is 5.32 Å². The van der Waals surface area contributed by atoms with Crippen molar-refractivity contribution in [2.24, 2.45) is 5.92 Å².